The number of phosphoric acid groups is 3. The third kappa shape index (κ3) is 13.7. The zero-order valence-electron chi connectivity index (χ0n) is 31.4. The molecule has 27 nitrogen and oxygen atoms in total. The van der Waals surface area contributed by atoms with Gasteiger partial charge in [0.2, 0.25) is 16.9 Å². The number of thioether (sulfide) groups is 1. The summed E-state index contributed by atoms with van der Waals surface area (Å²) in [4.78, 5) is 88.1. The van der Waals surface area contributed by atoms with Crippen LogP contribution in [-0.4, -0.2) is 133 Å². The number of hydrogen-bond acceptors (Lipinski definition) is 21. The molecule has 0 bridgehead atoms. The van der Waals surface area contributed by atoms with E-state index in [1.807, 2.05) is 0 Å². The van der Waals surface area contributed by atoms with Crippen LogP contribution in [0.5, 0.6) is 11.5 Å². The van der Waals surface area contributed by atoms with Crippen LogP contribution in [0.3, 0.4) is 0 Å². The first kappa shape index (κ1) is 49.0. The van der Waals surface area contributed by atoms with Crippen molar-refractivity contribution in [3.63, 3.8) is 0 Å². The highest BCUT2D eigenvalue weighted by atomic mass is 32.2. The minimum atomic E-state index is -5.60. The first-order valence-corrected chi connectivity index (χ1v) is 22.6. The molecule has 31 heteroatoms. The maximum Gasteiger partial charge on any atom is 0.481 e. The number of aliphatic hydroxyl groups excluding tert-OH is 2. The molecule has 3 aromatic rings. The molecule has 334 valence electrons. The van der Waals surface area contributed by atoms with Crippen molar-refractivity contribution in [3.05, 3.63) is 36.4 Å². The van der Waals surface area contributed by atoms with Gasteiger partial charge < -0.3 is 66.8 Å². The van der Waals surface area contributed by atoms with E-state index in [2.05, 4.69) is 34.4 Å². The number of phenols is 2. The lowest BCUT2D eigenvalue weighted by molar-refractivity contribution is -0.137. The molecule has 1 fully saturated rings. The van der Waals surface area contributed by atoms with Gasteiger partial charge in [-0.2, -0.15) is 4.31 Å². The number of anilines is 1. The fourth-order valence-corrected chi connectivity index (χ4v) is 8.86. The summed E-state index contributed by atoms with van der Waals surface area (Å²) in [5.41, 5.74) is 10.2. The lowest BCUT2D eigenvalue weighted by Crippen LogP contribution is -2.46. The van der Waals surface area contributed by atoms with E-state index in [1.54, 1.807) is 0 Å². The van der Waals surface area contributed by atoms with Crippen LogP contribution in [0.25, 0.3) is 11.2 Å². The number of phenolic OH excluding ortho intramolecular Hbond substituents is 2. The minimum Gasteiger partial charge on any atom is -0.508 e. The van der Waals surface area contributed by atoms with Crippen LogP contribution in [0.2, 0.25) is 0 Å². The summed E-state index contributed by atoms with van der Waals surface area (Å²) in [5, 5.41) is 44.9. The number of benzene rings is 1. The summed E-state index contributed by atoms with van der Waals surface area (Å²) in [6.07, 6.45) is -7.15. The molecule has 1 aromatic carbocycles. The number of aromatic hydroxyl groups is 2. The van der Waals surface area contributed by atoms with Crippen molar-refractivity contribution in [2.75, 3.05) is 37.8 Å². The number of carbonyl (C=O) groups excluding carboxylic acids is 3. The Morgan fingerprint density at radius 3 is 2.30 bits per heavy atom. The van der Waals surface area contributed by atoms with E-state index < -0.39 is 95.7 Å². The number of carbonyl (C=O) groups is 3. The van der Waals surface area contributed by atoms with Crippen molar-refractivity contribution in [2.45, 2.75) is 57.0 Å². The first-order valence-electron chi connectivity index (χ1n) is 17.1. The molecule has 0 saturated carbocycles. The molecule has 60 heavy (non-hydrogen) atoms. The van der Waals surface area contributed by atoms with Gasteiger partial charge in [-0.15, -0.1) is 0 Å². The van der Waals surface area contributed by atoms with Gasteiger partial charge in [0.05, 0.1) is 19.5 Å². The molecule has 1 saturated heterocycles. The van der Waals surface area contributed by atoms with E-state index in [0.29, 0.717) is 0 Å². The van der Waals surface area contributed by atoms with Crippen molar-refractivity contribution in [2.24, 2.45) is 11.1 Å². The number of nitrogens with two attached hydrogens (primary N) is 2. The van der Waals surface area contributed by atoms with Crippen LogP contribution in [0.1, 0.15) is 38.1 Å². The number of imidazole rings is 1. The molecule has 2 amide bonds. The quantitative estimate of drug-likeness (QED) is 0.0440. The van der Waals surface area contributed by atoms with E-state index in [-0.39, 0.29) is 59.3 Å². The molecular weight excluding hydrogens is 889 g/mol. The smallest absolute Gasteiger partial charge is 0.481 e. The maximum absolute atomic E-state index is 12.7. The highest BCUT2D eigenvalue weighted by molar-refractivity contribution is 8.13. The van der Waals surface area contributed by atoms with Crippen LogP contribution in [-0.2, 0) is 50.7 Å². The lowest BCUT2D eigenvalue weighted by Gasteiger charge is -2.30. The Balaban J connectivity index is 1.21. The average Bonchev–Trinajstić information content (AvgIpc) is 3.70. The fraction of sp³-hybridized carbons (Fsp3) is 0.517. The molecule has 4 rings (SSSR count). The first-order chi connectivity index (χ1) is 27.8. The van der Waals surface area contributed by atoms with Gasteiger partial charge in [-0.1, -0.05) is 25.6 Å². The second kappa shape index (κ2) is 20.0. The average molecular weight is 933 g/mol. The number of ether oxygens (including phenoxy) is 1. The van der Waals surface area contributed by atoms with Gasteiger partial charge in [-0.05, 0) is 17.7 Å². The summed E-state index contributed by atoms with van der Waals surface area (Å²) >= 11 is 0.797. The zero-order valence-corrected chi connectivity index (χ0v) is 34.9. The van der Waals surface area contributed by atoms with Gasteiger partial charge in [0.1, 0.15) is 53.8 Å². The van der Waals surface area contributed by atoms with Crippen molar-refractivity contribution < 1.29 is 90.7 Å². The molecule has 1 aliphatic heterocycles. The van der Waals surface area contributed by atoms with Gasteiger partial charge in [0, 0.05) is 36.7 Å². The maximum atomic E-state index is 12.7. The van der Waals surface area contributed by atoms with Gasteiger partial charge in [0.25, 0.3) is 0 Å². The predicted molar refractivity (Wildman–Crippen MR) is 204 cm³/mol. The highest BCUT2D eigenvalue weighted by Gasteiger charge is 2.50. The monoisotopic (exact) mass is 932 g/mol. The number of nitrogens with zero attached hydrogens (tertiary/aromatic N) is 4. The molecule has 14 N–H and O–H groups in total. The third-order valence-corrected chi connectivity index (χ3v) is 12.3. The Morgan fingerprint density at radius 2 is 1.65 bits per heavy atom. The number of nitrogen functional groups attached to an aromatic ring is 1. The molecular formula is C29H43N8O19P3S. The second-order valence-electron chi connectivity index (χ2n) is 13.5. The standard InChI is InChI=1S/C29H43N8O19P3S/c1-29(2,23(42)26(43)33-4-3-18(40)32-5-6-60-28(44)19(30)14-7-15(38)9-16(39)8-14)11-53-59(50,51)56-58(48,49)52-10-17-22(55-57(45,46)47)21(41)27(54-17)37-13-36-20-24(31)34-12-35-25(20)37/h7-9,12-13,17,19,21-23,27,38-39,41-42H,3-6,10-11,30H2,1-2H3,(H,32,40)(H,33,43)(H,48,49)(H,50,51)(H2,31,34,35)(H2,45,46,47). The van der Waals surface area contributed by atoms with E-state index in [4.69, 9.17) is 25.3 Å². The number of hydrogen-bond donors (Lipinski definition) is 12. The van der Waals surface area contributed by atoms with E-state index >= 15 is 0 Å². The zero-order chi connectivity index (χ0) is 44.8. The Bertz CT molecular complexity index is 2160. The van der Waals surface area contributed by atoms with E-state index in [0.717, 1.165) is 35.0 Å². The number of aromatic nitrogens is 4. The summed E-state index contributed by atoms with van der Waals surface area (Å²) in [5.74, 6) is -2.06. The number of fused-ring (bicyclic) bond motifs is 1. The molecule has 2 aromatic heterocycles. The molecule has 8 unspecified atom stereocenters. The number of nitrogens with one attached hydrogen (secondary N) is 2. The third-order valence-electron chi connectivity index (χ3n) is 8.28. The fourth-order valence-electron chi connectivity index (χ4n) is 5.31. The SMILES string of the molecule is CC(C)(COP(=O)(O)OP(=O)(O)OCC1OC(n2cnc3c(N)ncnc32)C(O)C1OP(=O)(O)O)C(O)C(=O)NCCC(=O)NCCSC(=O)C(N)c1cc(O)cc(O)c1. The number of aliphatic hydroxyl groups is 2. The summed E-state index contributed by atoms with van der Waals surface area (Å²) in [6, 6.07) is 2.37. The Labute approximate surface area is 343 Å². The van der Waals surface area contributed by atoms with E-state index in [1.165, 1.54) is 26.0 Å². The minimum absolute atomic E-state index is 0.0170. The van der Waals surface area contributed by atoms with Crippen LogP contribution < -0.4 is 22.1 Å². The lowest BCUT2D eigenvalue weighted by atomic mass is 9.87. The van der Waals surface area contributed by atoms with E-state index in [9.17, 15) is 68.1 Å². The Morgan fingerprint density at radius 1 is 1.00 bits per heavy atom. The van der Waals surface area contributed by atoms with Crippen molar-refractivity contribution >= 4 is 69.1 Å². The van der Waals surface area contributed by atoms with Crippen molar-refractivity contribution in [1.82, 2.24) is 30.2 Å². The molecule has 8 atom stereocenters. The topological polar surface area (TPSA) is 430 Å². The highest BCUT2D eigenvalue weighted by Crippen LogP contribution is 2.61. The van der Waals surface area contributed by atoms with Crippen LogP contribution in [0.4, 0.5) is 5.82 Å². The van der Waals surface area contributed by atoms with Gasteiger partial charge >= 0.3 is 23.5 Å². The molecule has 0 spiro atoms. The van der Waals surface area contributed by atoms with Crippen LogP contribution in [0, 0.1) is 5.41 Å². The van der Waals surface area contributed by atoms with Crippen LogP contribution >= 0.6 is 35.2 Å². The van der Waals surface area contributed by atoms with Crippen molar-refractivity contribution in [1.29, 1.82) is 0 Å². The molecule has 1 aliphatic rings. The number of phosphoric ester groups is 3. The molecule has 3 heterocycles. The summed E-state index contributed by atoms with van der Waals surface area (Å²) in [6.45, 7) is 0.123. The number of rotatable bonds is 21. The van der Waals surface area contributed by atoms with Gasteiger partial charge in [0.15, 0.2) is 17.7 Å². The normalized spacial score (nSPS) is 21.5. The van der Waals surface area contributed by atoms with Crippen LogP contribution in [0.15, 0.2) is 30.9 Å². The Kier molecular flexibility index (Phi) is 16.4. The molecule has 0 aliphatic carbocycles. The Hall–Kier alpha value is -3.66. The predicted octanol–water partition coefficient (Wildman–Crippen LogP) is -1.22. The van der Waals surface area contributed by atoms with Gasteiger partial charge in [-0.3, -0.25) is 32.5 Å². The van der Waals surface area contributed by atoms with Crippen molar-refractivity contribution in [3.8, 4) is 11.5 Å². The largest absolute Gasteiger partial charge is 0.508 e. The van der Waals surface area contributed by atoms with Gasteiger partial charge in [-0.25, -0.2) is 28.6 Å². The second-order valence-corrected chi connectivity index (χ2v) is 18.8. The summed E-state index contributed by atoms with van der Waals surface area (Å²) < 4.78 is 62.1. The molecule has 0 radical (unpaired) electrons. The number of amides is 2. The summed E-state index contributed by atoms with van der Waals surface area (Å²) in [7, 11) is -16.5.